The smallest absolute Gasteiger partial charge is 0.237 e. The number of likely N-dealkylation sites (N-methyl/N-ethyl adjacent to an activating group) is 1. The average Bonchev–Trinajstić information content (AvgIpc) is 3.20. The molecule has 1 atom stereocenters. The maximum atomic E-state index is 12.0. The second-order valence-electron chi connectivity index (χ2n) is 5.22. The van der Waals surface area contributed by atoms with Gasteiger partial charge < -0.3 is 11.1 Å². The van der Waals surface area contributed by atoms with Crippen molar-refractivity contribution in [1.29, 1.82) is 0 Å². The summed E-state index contributed by atoms with van der Waals surface area (Å²) in [5.74, 6) is 0.110. The fraction of sp³-hybridized carbons (Fsp3) is 0.533. The fourth-order valence-electron chi connectivity index (χ4n) is 2.36. The van der Waals surface area contributed by atoms with E-state index >= 15 is 0 Å². The van der Waals surface area contributed by atoms with Crippen molar-refractivity contribution in [3.63, 3.8) is 0 Å². The van der Waals surface area contributed by atoms with Gasteiger partial charge in [-0.25, -0.2) is 0 Å². The summed E-state index contributed by atoms with van der Waals surface area (Å²) in [5.41, 5.74) is 7.76. The Labute approximate surface area is 115 Å². The zero-order valence-corrected chi connectivity index (χ0v) is 11.7. The van der Waals surface area contributed by atoms with Gasteiger partial charge in [0.2, 0.25) is 5.91 Å². The number of amides is 1. The van der Waals surface area contributed by atoms with E-state index in [9.17, 15) is 4.79 Å². The molecule has 0 aliphatic heterocycles. The van der Waals surface area contributed by atoms with E-state index in [1.54, 1.807) is 0 Å². The second kappa shape index (κ2) is 6.06. The van der Waals surface area contributed by atoms with E-state index < -0.39 is 0 Å². The summed E-state index contributed by atoms with van der Waals surface area (Å²) < 4.78 is 0. The van der Waals surface area contributed by atoms with Gasteiger partial charge in [-0.05, 0) is 44.4 Å². The van der Waals surface area contributed by atoms with Crippen LogP contribution in [0.5, 0.6) is 0 Å². The summed E-state index contributed by atoms with van der Waals surface area (Å²) in [6.07, 6.45) is 2.37. The van der Waals surface area contributed by atoms with Gasteiger partial charge in [-0.3, -0.25) is 9.69 Å². The molecular weight excluding hydrogens is 238 g/mol. The molecule has 1 aromatic carbocycles. The van der Waals surface area contributed by atoms with Crippen LogP contribution in [0.3, 0.4) is 0 Å². The lowest BCUT2D eigenvalue weighted by molar-refractivity contribution is -0.126. The van der Waals surface area contributed by atoms with Crippen LogP contribution < -0.4 is 11.1 Å². The van der Waals surface area contributed by atoms with Crippen molar-refractivity contribution >= 4 is 11.6 Å². The molecular formula is C15H23N3O. The Bertz CT molecular complexity index is 443. The van der Waals surface area contributed by atoms with E-state index in [1.165, 1.54) is 18.4 Å². The van der Waals surface area contributed by atoms with Gasteiger partial charge in [0, 0.05) is 24.8 Å². The van der Waals surface area contributed by atoms with E-state index in [-0.39, 0.29) is 11.9 Å². The van der Waals surface area contributed by atoms with Gasteiger partial charge in [0.05, 0.1) is 6.04 Å². The lowest BCUT2D eigenvalue weighted by Crippen LogP contribution is -2.45. The van der Waals surface area contributed by atoms with Crippen molar-refractivity contribution in [2.45, 2.75) is 45.3 Å². The number of hydrogen-bond donors (Lipinski definition) is 2. The quantitative estimate of drug-likeness (QED) is 0.767. The Morgan fingerprint density at radius 1 is 1.53 bits per heavy atom. The molecule has 0 radical (unpaired) electrons. The number of hydrogen-bond acceptors (Lipinski definition) is 3. The van der Waals surface area contributed by atoms with Crippen LogP contribution in [-0.4, -0.2) is 29.4 Å². The van der Waals surface area contributed by atoms with Gasteiger partial charge in [0.15, 0.2) is 0 Å². The predicted molar refractivity (Wildman–Crippen MR) is 77.6 cm³/mol. The van der Waals surface area contributed by atoms with Gasteiger partial charge in [-0.15, -0.1) is 0 Å². The number of nitrogens with zero attached hydrogens (tertiary/aromatic N) is 1. The Morgan fingerprint density at radius 3 is 2.84 bits per heavy atom. The molecule has 3 N–H and O–H groups in total. The minimum absolute atomic E-state index is 0.0890. The van der Waals surface area contributed by atoms with Gasteiger partial charge in [0.25, 0.3) is 0 Å². The highest BCUT2D eigenvalue weighted by Gasteiger charge is 2.34. The van der Waals surface area contributed by atoms with E-state index in [0.717, 1.165) is 12.2 Å². The molecule has 4 heteroatoms. The first kappa shape index (κ1) is 13.9. The number of benzene rings is 1. The van der Waals surface area contributed by atoms with E-state index in [2.05, 4.69) is 16.3 Å². The molecule has 1 aromatic rings. The molecule has 2 rings (SSSR count). The molecule has 0 heterocycles. The van der Waals surface area contributed by atoms with Crippen LogP contribution in [-0.2, 0) is 11.3 Å². The molecule has 19 heavy (non-hydrogen) atoms. The topological polar surface area (TPSA) is 58.4 Å². The summed E-state index contributed by atoms with van der Waals surface area (Å²) in [6.45, 7) is 5.40. The van der Waals surface area contributed by atoms with Gasteiger partial charge >= 0.3 is 0 Å². The number of carbonyl (C=O) groups excluding carboxylic acids is 1. The van der Waals surface area contributed by atoms with Crippen LogP contribution in [0, 0.1) is 0 Å². The third-order valence-corrected chi connectivity index (χ3v) is 3.56. The molecule has 1 unspecified atom stereocenters. The molecule has 1 aliphatic carbocycles. The summed E-state index contributed by atoms with van der Waals surface area (Å²) in [5, 5.41) is 2.90. The molecule has 1 fully saturated rings. The van der Waals surface area contributed by atoms with Gasteiger partial charge in [-0.1, -0.05) is 12.1 Å². The fourth-order valence-corrected chi connectivity index (χ4v) is 2.36. The SMILES string of the molecule is CCNC(=O)C(C)N(Cc1cccc(N)c1)C1CC1. The summed E-state index contributed by atoms with van der Waals surface area (Å²) in [6, 6.07) is 8.36. The lowest BCUT2D eigenvalue weighted by Gasteiger charge is -2.28. The number of carbonyl (C=O) groups is 1. The molecule has 1 amide bonds. The monoisotopic (exact) mass is 261 g/mol. The van der Waals surface area contributed by atoms with Crippen LogP contribution in [0.25, 0.3) is 0 Å². The number of nitrogens with two attached hydrogens (primary N) is 1. The number of anilines is 1. The van der Waals surface area contributed by atoms with Crippen molar-refractivity contribution in [3.05, 3.63) is 29.8 Å². The minimum Gasteiger partial charge on any atom is -0.399 e. The maximum absolute atomic E-state index is 12.0. The van der Waals surface area contributed by atoms with E-state index in [4.69, 9.17) is 5.73 Å². The first-order valence-electron chi connectivity index (χ1n) is 6.99. The zero-order valence-electron chi connectivity index (χ0n) is 11.7. The minimum atomic E-state index is -0.0890. The summed E-state index contributed by atoms with van der Waals surface area (Å²) in [7, 11) is 0. The van der Waals surface area contributed by atoms with Gasteiger partial charge in [0.1, 0.15) is 0 Å². The predicted octanol–water partition coefficient (Wildman–Crippen LogP) is 1.76. The molecule has 1 aliphatic rings. The van der Waals surface area contributed by atoms with E-state index in [0.29, 0.717) is 12.6 Å². The highest BCUT2D eigenvalue weighted by molar-refractivity contribution is 5.81. The molecule has 0 aromatic heterocycles. The van der Waals surface area contributed by atoms with Crippen molar-refractivity contribution < 1.29 is 4.79 Å². The molecule has 104 valence electrons. The second-order valence-corrected chi connectivity index (χ2v) is 5.22. The third kappa shape index (κ3) is 3.70. The Hall–Kier alpha value is -1.55. The molecule has 0 saturated heterocycles. The van der Waals surface area contributed by atoms with Crippen molar-refractivity contribution in [2.75, 3.05) is 12.3 Å². The molecule has 1 saturated carbocycles. The van der Waals surface area contributed by atoms with Crippen LogP contribution in [0.1, 0.15) is 32.3 Å². The standard InChI is InChI=1S/C15H23N3O/c1-3-17-15(19)11(2)18(14-7-8-14)10-12-5-4-6-13(16)9-12/h4-6,9,11,14H,3,7-8,10,16H2,1-2H3,(H,17,19). The van der Waals surface area contributed by atoms with Gasteiger partial charge in [-0.2, -0.15) is 0 Å². The van der Waals surface area contributed by atoms with Crippen LogP contribution in [0.4, 0.5) is 5.69 Å². The van der Waals surface area contributed by atoms with Crippen molar-refractivity contribution in [1.82, 2.24) is 10.2 Å². The maximum Gasteiger partial charge on any atom is 0.237 e. The van der Waals surface area contributed by atoms with Crippen LogP contribution in [0.15, 0.2) is 24.3 Å². The average molecular weight is 261 g/mol. The number of nitrogens with one attached hydrogen (secondary N) is 1. The highest BCUT2D eigenvalue weighted by Crippen LogP contribution is 2.30. The molecule has 0 spiro atoms. The van der Waals surface area contributed by atoms with E-state index in [1.807, 2.05) is 32.0 Å². The summed E-state index contributed by atoms with van der Waals surface area (Å²) >= 11 is 0. The summed E-state index contributed by atoms with van der Waals surface area (Å²) in [4.78, 5) is 14.3. The van der Waals surface area contributed by atoms with Crippen molar-refractivity contribution in [2.24, 2.45) is 0 Å². The van der Waals surface area contributed by atoms with Crippen LogP contribution >= 0.6 is 0 Å². The zero-order chi connectivity index (χ0) is 13.8. The Morgan fingerprint density at radius 2 is 2.26 bits per heavy atom. The lowest BCUT2D eigenvalue weighted by atomic mass is 10.1. The first-order chi connectivity index (χ1) is 9.11. The molecule has 0 bridgehead atoms. The largest absolute Gasteiger partial charge is 0.399 e. The molecule has 4 nitrogen and oxygen atoms in total. The Balaban J connectivity index is 2.06. The number of nitrogen functional groups attached to an aromatic ring is 1. The Kier molecular flexibility index (Phi) is 4.43. The highest BCUT2D eigenvalue weighted by atomic mass is 16.2. The number of rotatable bonds is 6. The van der Waals surface area contributed by atoms with Crippen LogP contribution in [0.2, 0.25) is 0 Å². The first-order valence-corrected chi connectivity index (χ1v) is 6.99. The third-order valence-electron chi connectivity index (χ3n) is 3.56. The van der Waals surface area contributed by atoms with Crippen molar-refractivity contribution in [3.8, 4) is 0 Å². The normalized spacial score (nSPS) is 16.4.